The van der Waals surface area contributed by atoms with Crippen LogP contribution in [0.15, 0.2) is 17.0 Å². The summed E-state index contributed by atoms with van der Waals surface area (Å²) < 4.78 is 29.3. The summed E-state index contributed by atoms with van der Waals surface area (Å²) in [5, 5.41) is 3.46. The third-order valence-electron chi connectivity index (χ3n) is 3.86. The maximum Gasteiger partial charge on any atom is 0.175 e. The molecule has 0 radical (unpaired) electrons. The van der Waals surface area contributed by atoms with Crippen LogP contribution in [0.1, 0.15) is 30.4 Å². The molecule has 1 aromatic carbocycles. The van der Waals surface area contributed by atoms with Crippen LogP contribution in [0, 0.1) is 6.92 Å². The molecular weight excluding hydrogens is 274 g/mol. The van der Waals surface area contributed by atoms with Crippen molar-refractivity contribution in [1.29, 1.82) is 0 Å². The molecule has 1 unspecified atom stereocenters. The molecule has 0 aliphatic carbocycles. The molecule has 1 aromatic rings. The Kier molecular flexibility index (Phi) is 4.70. The van der Waals surface area contributed by atoms with Gasteiger partial charge in [-0.05, 0) is 56.0 Å². The molecule has 1 N–H and O–H groups in total. The van der Waals surface area contributed by atoms with E-state index in [1.807, 2.05) is 13.0 Å². The average Bonchev–Trinajstić information content (AvgIpc) is 2.40. The van der Waals surface area contributed by atoms with Crippen LogP contribution in [-0.4, -0.2) is 34.4 Å². The lowest BCUT2D eigenvalue weighted by atomic mass is 9.97. The smallest absolute Gasteiger partial charge is 0.175 e. The molecule has 1 aliphatic heterocycles. The Morgan fingerprint density at radius 2 is 2.10 bits per heavy atom. The average molecular weight is 297 g/mol. The van der Waals surface area contributed by atoms with Gasteiger partial charge in [0.25, 0.3) is 0 Å². The first kappa shape index (κ1) is 15.3. The highest BCUT2D eigenvalue weighted by molar-refractivity contribution is 7.90. The number of rotatable bonds is 4. The summed E-state index contributed by atoms with van der Waals surface area (Å²) in [7, 11) is -1.60. The van der Waals surface area contributed by atoms with Crippen LogP contribution in [0.4, 0.5) is 0 Å². The Morgan fingerprint density at radius 3 is 2.65 bits per heavy atom. The minimum absolute atomic E-state index is 0.358. The first-order chi connectivity index (χ1) is 9.41. The quantitative estimate of drug-likeness (QED) is 0.924. The first-order valence-corrected chi connectivity index (χ1v) is 8.92. The number of benzene rings is 1. The van der Waals surface area contributed by atoms with Gasteiger partial charge in [0, 0.05) is 12.3 Å². The van der Waals surface area contributed by atoms with E-state index in [2.05, 4.69) is 5.32 Å². The summed E-state index contributed by atoms with van der Waals surface area (Å²) in [5.41, 5.74) is 1.71. The number of hydrogen-bond donors (Lipinski definition) is 1. The predicted octanol–water partition coefficient (Wildman–Crippen LogP) is 2.09. The second kappa shape index (κ2) is 6.14. The van der Waals surface area contributed by atoms with E-state index >= 15 is 0 Å². The Hall–Kier alpha value is -1.07. The number of aryl methyl sites for hydroxylation is 1. The third-order valence-corrected chi connectivity index (χ3v) is 5.04. The monoisotopic (exact) mass is 297 g/mol. The molecule has 1 atom stereocenters. The van der Waals surface area contributed by atoms with Crippen molar-refractivity contribution in [3.8, 4) is 5.75 Å². The van der Waals surface area contributed by atoms with Crippen LogP contribution < -0.4 is 10.1 Å². The lowest BCUT2D eigenvalue weighted by Crippen LogP contribution is -2.35. The van der Waals surface area contributed by atoms with E-state index in [9.17, 15) is 8.42 Å². The minimum atomic E-state index is -3.22. The lowest BCUT2D eigenvalue weighted by Gasteiger charge is -2.24. The summed E-state index contributed by atoms with van der Waals surface area (Å²) in [6.07, 6.45) is 5.51. The minimum Gasteiger partial charge on any atom is -0.496 e. The van der Waals surface area contributed by atoms with E-state index in [4.69, 9.17) is 4.74 Å². The zero-order valence-electron chi connectivity index (χ0n) is 12.4. The van der Waals surface area contributed by atoms with Crippen molar-refractivity contribution in [2.45, 2.75) is 43.5 Å². The van der Waals surface area contributed by atoms with Gasteiger partial charge < -0.3 is 10.1 Å². The van der Waals surface area contributed by atoms with Gasteiger partial charge in [-0.1, -0.05) is 6.42 Å². The highest BCUT2D eigenvalue weighted by Gasteiger charge is 2.20. The normalized spacial score (nSPS) is 19.9. The van der Waals surface area contributed by atoms with Gasteiger partial charge in [0.1, 0.15) is 5.75 Å². The molecule has 20 heavy (non-hydrogen) atoms. The Labute approximate surface area is 121 Å². The van der Waals surface area contributed by atoms with Gasteiger partial charge in [0.05, 0.1) is 12.0 Å². The van der Waals surface area contributed by atoms with Crippen LogP contribution in [0.5, 0.6) is 5.75 Å². The summed E-state index contributed by atoms with van der Waals surface area (Å²) in [6.45, 7) is 2.89. The number of piperidine rings is 1. The molecule has 1 heterocycles. The molecule has 0 aromatic heterocycles. The predicted molar refractivity (Wildman–Crippen MR) is 80.2 cm³/mol. The second-order valence-electron chi connectivity index (χ2n) is 5.55. The van der Waals surface area contributed by atoms with Crippen molar-refractivity contribution < 1.29 is 13.2 Å². The van der Waals surface area contributed by atoms with Gasteiger partial charge in [-0.2, -0.15) is 0 Å². The van der Waals surface area contributed by atoms with Crippen LogP contribution in [0.2, 0.25) is 0 Å². The molecule has 4 nitrogen and oxygen atoms in total. The molecule has 112 valence electrons. The molecule has 0 saturated carbocycles. The van der Waals surface area contributed by atoms with Crippen molar-refractivity contribution in [3.05, 3.63) is 23.3 Å². The molecule has 0 spiro atoms. The van der Waals surface area contributed by atoms with Gasteiger partial charge in [0.2, 0.25) is 0 Å². The number of sulfone groups is 1. The van der Waals surface area contributed by atoms with E-state index < -0.39 is 9.84 Å². The maximum absolute atomic E-state index is 12.0. The Balaban J connectivity index is 2.37. The van der Waals surface area contributed by atoms with Gasteiger partial charge in [0.15, 0.2) is 9.84 Å². The van der Waals surface area contributed by atoms with Crippen molar-refractivity contribution in [2.24, 2.45) is 0 Å². The van der Waals surface area contributed by atoms with E-state index in [0.29, 0.717) is 10.9 Å². The number of hydrogen-bond acceptors (Lipinski definition) is 4. The van der Waals surface area contributed by atoms with Gasteiger partial charge in [-0.25, -0.2) is 8.42 Å². The van der Waals surface area contributed by atoms with Gasteiger partial charge in [-0.3, -0.25) is 0 Å². The van der Waals surface area contributed by atoms with Gasteiger partial charge in [-0.15, -0.1) is 0 Å². The van der Waals surface area contributed by atoms with Crippen molar-refractivity contribution in [3.63, 3.8) is 0 Å². The van der Waals surface area contributed by atoms with Crippen LogP contribution in [-0.2, 0) is 16.3 Å². The highest BCUT2D eigenvalue weighted by atomic mass is 32.2. The number of methoxy groups -OCH3 is 1. The summed E-state index contributed by atoms with van der Waals surface area (Å²) in [4.78, 5) is 0.433. The van der Waals surface area contributed by atoms with E-state index in [1.165, 1.54) is 19.1 Å². The Bertz CT molecular complexity index is 575. The van der Waals surface area contributed by atoms with Crippen molar-refractivity contribution in [1.82, 2.24) is 5.32 Å². The Morgan fingerprint density at radius 1 is 1.35 bits per heavy atom. The fourth-order valence-electron chi connectivity index (χ4n) is 2.79. The molecular formula is C15H23NO3S. The summed E-state index contributed by atoms with van der Waals surface area (Å²) >= 11 is 0. The summed E-state index contributed by atoms with van der Waals surface area (Å²) in [6, 6.07) is 3.96. The zero-order chi connectivity index (χ0) is 14.8. The topological polar surface area (TPSA) is 55.4 Å². The molecule has 1 aliphatic rings. The maximum atomic E-state index is 12.0. The SMILES string of the molecule is COc1cc(CC2CCCCN2)c(S(C)(=O)=O)cc1C. The van der Waals surface area contributed by atoms with Crippen molar-refractivity contribution in [2.75, 3.05) is 19.9 Å². The fourth-order valence-corrected chi connectivity index (χ4v) is 3.80. The second-order valence-corrected chi connectivity index (χ2v) is 7.54. The van der Waals surface area contributed by atoms with E-state index in [0.717, 1.165) is 36.3 Å². The first-order valence-electron chi connectivity index (χ1n) is 7.03. The van der Waals surface area contributed by atoms with E-state index in [1.54, 1.807) is 13.2 Å². The van der Waals surface area contributed by atoms with Crippen LogP contribution >= 0.6 is 0 Å². The van der Waals surface area contributed by atoms with E-state index in [-0.39, 0.29) is 0 Å². The standard InChI is InChI=1S/C15H23NO3S/c1-11-8-15(20(3,17)18)12(10-14(11)19-2)9-13-6-4-5-7-16-13/h8,10,13,16H,4-7,9H2,1-3H3. The van der Waals surface area contributed by atoms with Gasteiger partial charge >= 0.3 is 0 Å². The van der Waals surface area contributed by atoms with Crippen molar-refractivity contribution >= 4 is 9.84 Å². The highest BCUT2D eigenvalue weighted by Crippen LogP contribution is 2.28. The number of ether oxygens (including phenoxy) is 1. The molecule has 1 fully saturated rings. The third kappa shape index (κ3) is 3.52. The molecule has 5 heteroatoms. The molecule has 1 saturated heterocycles. The summed E-state index contributed by atoms with van der Waals surface area (Å²) in [5.74, 6) is 0.753. The molecule has 0 amide bonds. The fraction of sp³-hybridized carbons (Fsp3) is 0.600. The lowest BCUT2D eigenvalue weighted by molar-refractivity contribution is 0.393. The van der Waals surface area contributed by atoms with Crippen LogP contribution in [0.3, 0.4) is 0 Å². The molecule has 0 bridgehead atoms. The number of nitrogens with one attached hydrogen (secondary N) is 1. The van der Waals surface area contributed by atoms with Crippen LogP contribution in [0.25, 0.3) is 0 Å². The molecule has 2 rings (SSSR count). The zero-order valence-corrected chi connectivity index (χ0v) is 13.2. The largest absolute Gasteiger partial charge is 0.496 e.